The van der Waals surface area contributed by atoms with E-state index in [0.717, 1.165) is 21.5 Å². The number of nitrogen functional groups attached to an aromatic ring is 1. The van der Waals surface area contributed by atoms with Gasteiger partial charge in [-0.05, 0) is 40.2 Å². The highest BCUT2D eigenvalue weighted by Gasteiger charge is 2.08. The van der Waals surface area contributed by atoms with E-state index >= 15 is 0 Å². The number of halogens is 1. The lowest BCUT2D eigenvalue weighted by Crippen LogP contribution is -1.98. The van der Waals surface area contributed by atoms with Crippen LogP contribution in [-0.4, -0.2) is 19.5 Å². The summed E-state index contributed by atoms with van der Waals surface area (Å²) < 4.78 is 2.84. The fraction of sp³-hybridized carbons (Fsp3) is 0. The molecular formula is C13H10BrN5. The molecular weight excluding hydrogens is 306 g/mol. The van der Waals surface area contributed by atoms with Crippen molar-refractivity contribution < 1.29 is 0 Å². The molecule has 94 valence electrons. The van der Waals surface area contributed by atoms with E-state index in [-0.39, 0.29) is 0 Å². The molecule has 0 amide bonds. The van der Waals surface area contributed by atoms with E-state index in [1.54, 1.807) is 31.0 Å². The Hall–Kier alpha value is -2.21. The SMILES string of the molecule is Nc1ccc(-c2cncn2-c2ccc(Br)cn2)cn1. The molecule has 0 bridgehead atoms. The molecule has 5 nitrogen and oxygen atoms in total. The zero-order chi connectivity index (χ0) is 13.2. The lowest BCUT2D eigenvalue weighted by atomic mass is 10.2. The van der Waals surface area contributed by atoms with E-state index in [4.69, 9.17) is 5.73 Å². The Kier molecular flexibility index (Phi) is 3.00. The lowest BCUT2D eigenvalue weighted by molar-refractivity contribution is 0.996. The minimum absolute atomic E-state index is 0.497. The number of aromatic nitrogens is 4. The standard InChI is InChI=1S/C13H10BrN5/c14-10-2-4-13(18-6-10)19-8-16-7-11(19)9-1-3-12(15)17-5-9/h1-8H,(H2,15,17). The maximum Gasteiger partial charge on any atom is 0.138 e. The number of nitrogens with two attached hydrogens (primary N) is 1. The number of pyridine rings is 2. The van der Waals surface area contributed by atoms with Gasteiger partial charge in [-0.2, -0.15) is 0 Å². The Balaban J connectivity index is 2.07. The average molecular weight is 316 g/mol. The van der Waals surface area contributed by atoms with Gasteiger partial charge >= 0.3 is 0 Å². The fourth-order valence-corrected chi connectivity index (χ4v) is 1.99. The Morgan fingerprint density at radius 3 is 2.58 bits per heavy atom. The molecule has 2 N–H and O–H groups in total. The molecule has 0 aromatic carbocycles. The smallest absolute Gasteiger partial charge is 0.138 e. The third-order valence-corrected chi connectivity index (χ3v) is 3.15. The lowest BCUT2D eigenvalue weighted by Gasteiger charge is -2.07. The first kappa shape index (κ1) is 11.9. The molecule has 3 aromatic heterocycles. The van der Waals surface area contributed by atoms with Crippen molar-refractivity contribution in [3.05, 3.63) is 53.7 Å². The predicted octanol–water partition coefficient (Wildman–Crippen LogP) is 2.67. The van der Waals surface area contributed by atoms with Crippen molar-refractivity contribution in [3.8, 4) is 17.1 Å². The molecule has 0 unspecified atom stereocenters. The van der Waals surface area contributed by atoms with Crippen LogP contribution >= 0.6 is 15.9 Å². The first-order chi connectivity index (χ1) is 9.24. The second-order valence-corrected chi connectivity index (χ2v) is 4.87. The van der Waals surface area contributed by atoms with Crippen LogP contribution in [0.3, 0.4) is 0 Å². The second-order valence-electron chi connectivity index (χ2n) is 3.96. The summed E-state index contributed by atoms with van der Waals surface area (Å²) in [4.78, 5) is 12.6. The molecule has 0 fully saturated rings. The minimum atomic E-state index is 0.497. The van der Waals surface area contributed by atoms with Gasteiger partial charge in [-0.25, -0.2) is 15.0 Å². The number of nitrogens with zero attached hydrogens (tertiary/aromatic N) is 4. The van der Waals surface area contributed by atoms with Crippen LogP contribution in [0.1, 0.15) is 0 Å². The third-order valence-electron chi connectivity index (χ3n) is 2.68. The second kappa shape index (κ2) is 4.81. The molecule has 0 aliphatic rings. The van der Waals surface area contributed by atoms with Crippen molar-refractivity contribution in [1.29, 1.82) is 0 Å². The normalized spacial score (nSPS) is 10.6. The van der Waals surface area contributed by atoms with E-state index < -0.39 is 0 Å². The molecule has 0 saturated heterocycles. The molecule has 0 spiro atoms. The number of imidazole rings is 1. The van der Waals surface area contributed by atoms with E-state index in [2.05, 4.69) is 30.9 Å². The van der Waals surface area contributed by atoms with Gasteiger partial charge in [0, 0.05) is 22.4 Å². The zero-order valence-electron chi connectivity index (χ0n) is 9.86. The largest absolute Gasteiger partial charge is 0.384 e. The number of anilines is 1. The molecule has 0 saturated carbocycles. The van der Waals surface area contributed by atoms with Crippen LogP contribution < -0.4 is 5.73 Å². The van der Waals surface area contributed by atoms with Crippen molar-refractivity contribution in [2.45, 2.75) is 0 Å². The Labute approximate surface area is 118 Å². The predicted molar refractivity (Wildman–Crippen MR) is 76.7 cm³/mol. The summed E-state index contributed by atoms with van der Waals surface area (Å²) in [6.45, 7) is 0. The Morgan fingerprint density at radius 1 is 1.00 bits per heavy atom. The molecule has 3 heterocycles. The van der Waals surface area contributed by atoms with E-state index in [1.807, 2.05) is 22.8 Å². The van der Waals surface area contributed by atoms with Crippen LogP contribution in [-0.2, 0) is 0 Å². The highest BCUT2D eigenvalue weighted by molar-refractivity contribution is 9.10. The van der Waals surface area contributed by atoms with Gasteiger partial charge < -0.3 is 5.73 Å². The van der Waals surface area contributed by atoms with Gasteiger partial charge in [-0.3, -0.25) is 4.57 Å². The first-order valence-corrected chi connectivity index (χ1v) is 6.39. The fourth-order valence-electron chi connectivity index (χ4n) is 1.76. The van der Waals surface area contributed by atoms with Crippen LogP contribution in [0.5, 0.6) is 0 Å². The van der Waals surface area contributed by atoms with Gasteiger partial charge in [0.05, 0.1) is 11.9 Å². The minimum Gasteiger partial charge on any atom is -0.384 e. The quantitative estimate of drug-likeness (QED) is 0.789. The summed E-state index contributed by atoms with van der Waals surface area (Å²) in [5.74, 6) is 1.30. The third kappa shape index (κ3) is 2.34. The molecule has 3 rings (SSSR count). The van der Waals surface area contributed by atoms with Crippen molar-refractivity contribution >= 4 is 21.7 Å². The van der Waals surface area contributed by atoms with Gasteiger partial charge in [-0.15, -0.1) is 0 Å². The number of hydrogen-bond donors (Lipinski definition) is 1. The van der Waals surface area contributed by atoms with Crippen molar-refractivity contribution in [2.75, 3.05) is 5.73 Å². The summed E-state index contributed by atoms with van der Waals surface area (Å²) in [7, 11) is 0. The van der Waals surface area contributed by atoms with Crippen LogP contribution in [0.2, 0.25) is 0 Å². The molecule has 19 heavy (non-hydrogen) atoms. The summed E-state index contributed by atoms with van der Waals surface area (Å²) in [5, 5.41) is 0. The number of rotatable bonds is 2. The molecule has 3 aromatic rings. The van der Waals surface area contributed by atoms with Gasteiger partial charge in [0.25, 0.3) is 0 Å². The molecule has 6 heteroatoms. The van der Waals surface area contributed by atoms with Crippen molar-refractivity contribution in [2.24, 2.45) is 0 Å². The molecule has 0 radical (unpaired) electrons. The van der Waals surface area contributed by atoms with Gasteiger partial charge in [0.2, 0.25) is 0 Å². The maximum absolute atomic E-state index is 5.59. The molecule has 0 aliphatic heterocycles. The van der Waals surface area contributed by atoms with Crippen molar-refractivity contribution in [1.82, 2.24) is 19.5 Å². The van der Waals surface area contributed by atoms with E-state index in [1.165, 1.54) is 0 Å². The van der Waals surface area contributed by atoms with Crippen LogP contribution in [0.4, 0.5) is 5.82 Å². The van der Waals surface area contributed by atoms with E-state index in [9.17, 15) is 0 Å². The molecule has 0 atom stereocenters. The average Bonchev–Trinajstić information content (AvgIpc) is 2.90. The van der Waals surface area contributed by atoms with Gasteiger partial charge in [0.1, 0.15) is 18.0 Å². The summed E-state index contributed by atoms with van der Waals surface area (Å²) in [5.41, 5.74) is 7.45. The maximum atomic E-state index is 5.59. The summed E-state index contributed by atoms with van der Waals surface area (Å²) in [6.07, 6.45) is 6.97. The van der Waals surface area contributed by atoms with Crippen LogP contribution in [0.25, 0.3) is 17.1 Å². The van der Waals surface area contributed by atoms with Gasteiger partial charge in [0.15, 0.2) is 0 Å². The van der Waals surface area contributed by atoms with E-state index in [0.29, 0.717) is 5.82 Å². The molecule has 0 aliphatic carbocycles. The highest BCUT2D eigenvalue weighted by atomic mass is 79.9. The topological polar surface area (TPSA) is 69.6 Å². The Morgan fingerprint density at radius 2 is 1.89 bits per heavy atom. The zero-order valence-corrected chi connectivity index (χ0v) is 11.4. The number of hydrogen-bond acceptors (Lipinski definition) is 4. The monoisotopic (exact) mass is 315 g/mol. The summed E-state index contributed by atoms with van der Waals surface area (Å²) in [6, 6.07) is 7.53. The van der Waals surface area contributed by atoms with Gasteiger partial charge in [-0.1, -0.05) is 0 Å². The van der Waals surface area contributed by atoms with Crippen molar-refractivity contribution in [3.63, 3.8) is 0 Å². The highest BCUT2D eigenvalue weighted by Crippen LogP contribution is 2.22. The Bertz CT molecular complexity index is 628. The summed E-state index contributed by atoms with van der Waals surface area (Å²) >= 11 is 3.37. The van der Waals surface area contributed by atoms with Crippen LogP contribution in [0, 0.1) is 0 Å². The van der Waals surface area contributed by atoms with Crippen LogP contribution in [0.15, 0.2) is 53.7 Å². The first-order valence-electron chi connectivity index (χ1n) is 5.60.